The summed E-state index contributed by atoms with van der Waals surface area (Å²) in [5, 5.41) is 5.95. The summed E-state index contributed by atoms with van der Waals surface area (Å²) in [7, 11) is 0. The molecule has 0 radical (unpaired) electrons. The van der Waals surface area contributed by atoms with Crippen LogP contribution in [0.1, 0.15) is 91.1 Å². The lowest BCUT2D eigenvalue weighted by Crippen LogP contribution is -2.45. The van der Waals surface area contributed by atoms with Gasteiger partial charge in [-0.3, -0.25) is 19.3 Å². The molecular weight excluding hydrogens is 452 g/mol. The molecule has 2 aliphatic rings. The summed E-state index contributed by atoms with van der Waals surface area (Å²) in [5.41, 5.74) is 0.939. The van der Waals surface area contributed by atoms with E-state index in [1.165, 1.54) is 12.0 Å². The summed E-state index contributed by atoms with van der Waals surface area (Å²) < 4.78 is 1.95. The molecule has 0 spiro atoms. The van der Waals surface area contributed by atoms with E-state index >= 15 is 0 Å². The number of piperidine rings is 1. The minimum absolute atomic E-state index is 0.0190. The lowest BCUT2D eigenvalue weighted by Gasteiger charge is -2.32. The van der Waals surface area contributed by atoms with Gasteiger partial charge in [-0.05, 0) is 37.2 Å². The number of amides is 2. The van der Waals surface area contributed by atoms with E-state index in [9.17, 15) is 14.4 Å². The number of carbonyl (C=O) groups excluding carboxylic acids is 2. The third-order valence-electron chi connectivity index (χ3n) is 7.37. The maximum atomic E-state index is 13.3. The van der Waals surface area contributed by atoms with Crippen molar-refractivity contribution in [2.45, 2.75) is 77.4 Å². The fourth-order valence-electron chi connectivity index (χ4n) is 5.24. The predicted octanol–water partition coefficient (Wildman–Crippen LogP) is 4.13. The summed E-state index contributed by atoms with van der Waals surface area (Å²) in [6, 6.07) is 10.6. The lowest BCUT2D eigenvalue weighted by molar-refractivity contribution is 0.0906. The van der Waals surface area contributed by atoms with Crippen LogP contribution < -0.4 is 16.1 Å². The van der Waals surface area contributed by atoms with E-state index in [4.69, 9.17) is 0 Å². The number of hydrogen-bond donors (Lipinski definition) is 2. The molecule has 7 nitrogen and oxygen atoms in total. The Labute approximate surface area is 214 Å². The zero-order valence-electron chi connectivity index (χ0n) is 21.7. The van der Waals surface area contributed by atoms with Crippen molar-refractivity contribution in [2.24, 2.45) is 5.92 Å². The minimum Gasteiger partial charge on any atom is -0.352 e. The third kappa shape index (κ3) is 6.84. The van der Waals surface area contributed by atoms with E-state index in [0.29, 0.717) is 6.54 Å². The van der Waals surface area contributed by atoms with Crippen LogP contribution in [0.15, 0.2) is 47.5 Å². The van der Waals surface area contributed by atoms with Crippen LogP contribution in [0.2, 0.25) is 0 Å². The van der Waals surface area contributed by atoms with Gasteiger partial charge in [0, 0.05) is 50.7 Å². The quantitative estimate of drug-likeness (QED) is 0.580. The van der Waals surface area contributed by atoms with Gasteiger partial charge in [-0.25, -0.2) is 0 Å². The number of hydrogen-bond acceptors (Lipinski definition) is 4. The normalized spacial score (nSPS) is 17.8. The van der Waals surface area contributed by atoms with Crippen LogP contribution >= 0.6 is 0 Å². The molecule has 7 heteroatoms. The second-order valence-electron chi connectivity index (χ2n) is 10.8. The van der Waals surface area contributed by atoms with Crippen LogP contribution in [0, 0.1) is 5.92 Å². The predicted molar refractivity (Wildman–Crippen MR) is 142 cm³/mol. The molecule has 2 N–H and O–H groups in total. The molecule has 36 heavy (non-hydrogen) atoms. The molecule has 2 heterocycles. The van der Waals surface area contributed by atoms with Crippen molar-refractivity contribution in [3.05, 3.63) is 69.6 Å². The van der Waals surface area contributed by atoms with Crippen molar-refractivity contribution in [1.29, 1.82) is 0 Å². The number of nitrogens with one attached hydrogen (secondary N) is 2. The molecule has 1 saturated carbocycles. The minimum atomic E-state index is -0.484. The van der Waals surface area contributed by atoms with Gasteiger partial charge in [0.25, 0.3) is 11.8 Å². The van der Waals surface area contributed by atoms with Crippen LogP contribution in [0.5, 0.6) is 0 Å². The van der Waals surface area contributed by atoms with Crippen molar-refractivity contribution in [2.75, 3.05) is 19.6 Å². The molecule has 0 unspecified atom stereocenters. The van der Waals surface area contributed by atoms with Crippen LogP contribution in [-0.4, -0.2) is 47.0 Å². The zero-order valence-corrected chi connectivity index (χ0v) is 21.7. The number of rotatable bonds is 8. The van der Waals surface area contributed by atoms with Crippen molar-refractivity contribution >= 4 is 11.8 Å². The standard InChI is InChI=1S/C29H40N4O3/c1-21(2)17-30-28(35)25-19-33(24-11-7-4-8-12-24)20-26(27(25)34)29(36)31-23-13-15-32(16-14-23)18-22-9-5-3-6-10-22/h3,5-6,9-10,19-21,23-24H,4,7-8,11-18H2,1-2H3,(H,30,35)(H,31,36). The monoisotopic (exact) mass is 492 g/mol. The molecule has 2 amide bonds. The van der Waals surface area contributed by atoms with Gasteiger partial charge in [0.1, 0.15) is 11.1 Å². The summed E-state index contributed by atoms with van der Waals surface area (Å²) in [6.45, 7) is 7.19. The Hall–Kier alpha value is -2.93. The topological polar surface area (TPSA) is 83.4 Å². The van der Waals surface area contributed by atoms with Crippen molar-refractivity contribution in [3.63, 3.8) is 0 Å². The van der Waals surface area contributed by atoms with Crippen molar-refractivity contribution in [1.82, 2.24) is 20.1 Å². The van der Waals surface area contributed by atoms with Gasteiger partial charge < -0.3 is 15.2 Å². The maximum Gasteiger partial charge on any atom is 0.256 e. The van der Waals surface area contributed by atoms with Gasteiger partial charge in [0.2, 0.25) is 5.43 Å². The van der Waals surface area contributed by atoms with Crippen LogP contribution in [-0.2, 0) is 6.54 Å². The highest BCUT2D eigenvalue weighted by atomic mass is 16.2. The summed E-state index contributed by atoms with van der Waals surface area (Å²) in [4.78, 5) is 41.9. The zero-order chi connectivity index (χ0) is 25.5. The first-order valence-corrected chi connectivity index (χ1v) is 13.5. The van der Waals surface area contributed by atoms with Crippen LogP contribution in [0.25, 0.3) is 0 Å². The first-order valence-electron chi connectivity index (χ1n) is 13.5. The highest BCUT2D eigenvalue weighted by Crippen LogP contribution is 2.28. The molecule has 1 aromatic carbocycles. The number of pyridine rings is 1. The second kappa shape index (κ2) is 12.3. The number of benzene rings is 1. The summed E-state index contributed by atoms with van der Waals surface area (Å²) >= 11 is 0. The maximum absolute atomic E-state index is 13.3. The number of aromatic nitrogens is 1. The number of nitrogens with zero attached hydrogens (tertiary/aromatic N) is 2. The van der Waals surface area contributed by atoms with Gasteiger partial charge in [0.15, 0.2) is 0 Å². The molecule has 1 saturated heterocycles. The highest BCUT2D eigenvalue weighted by Gasteiger charge is 2.26. The highest BCUT2D eigenvalue weighted by molar-refractivity contribution is 5.99. The van der Waals surface area contributed by atoms with Gasteiger partial charge in [-0.15, -0.1) is 0 Å². The average molecular weight is 493 g/mol. The summed E-state index contributed by atoms with van der Waals surface area (Å²) in [6.07, 6.45) is 10.4. The van der Waals surface area contributed by atoms with E-state index < -0.39 is 11.3 Å². The Morgan fingerprint density at radius 3 is 2.19 bits per heavy atom. The largest absolute Gasteiger partial charge is 0.352 e. The van der Waals surface area contributed by atoms with Crippen LogP contribution in [0.3, 0.4) is 0 Å². The van der Waals surface area contributed by atoms with E-state index in [-0.39, 0.29) is 35.0 Å². The smallest absolute Gasteiger partial charge is 0.256 e. The second-order valence-corrected chi connectivity index (χ2v) is 10.8. The Bertz CT molecular complexity index is 1080. The molecule has 2 fully saturated rings. The molecule has 1 aliphatic carbocycles. The van der Waals surface area contributed by atoms with Gasteiger partial charge in [0.05, 0.1) is 0 Å². The molecule has 2 aromatic rings. The molecule has 4 rings (SSSR count). The summed E-state index contributed by atoms with van der Waals surface area (Å²) in [5.74, 6) is -0.500. The molecule has 1 aromatic heterocycles. The van der Waals surface area contributed by atoms with E-state index in [0.717, 1.165) is 58.2 Å². The molecular formula is C29H40N4O3. The Morgan fingerprint density at radius 2 is 1.56 bits per heavy atom. The van der Waals surface area contributed by atoms with Crippen LogP contribution in [0.4, 0.5) is 0 Å². The molecule has 0 atom stereocenters. The molecule has 194 valence electrons. The van der Waals surface area contributed by atoms with E-state index in [1.807, 2.05) is 24.5 Å². The number of carbonyl (C=O) groups is 2. The van der Waals surface area contributed by atoms with Crippen molar-refractivity contribution < 1.29 is 9.59 Å². The first kappa shape index (κ1) is 26.1. The Morgan fingerprint density at radius 1 is 0.917 bits per heavy atom. The molecule has 1 aliphatic heterocycles. The first-order chi connectivity index (χ1) is 17.4. The van der Waals surface area contributed by atoms with E-state index in [1.54, 1.807) is 12.4 Å². The Balaban J connectivity index is 1.46. The number of likely N-dealkylation sites (tertiary alicyclic amines) is 1. The van der Waals surface area contributed by atoms with Gasteiger partial charge >= 0.3 is 0 Å². The fourth-order valence-corrected chi connectivity index (χ4v) is 5.24. The van der Waals surface area contributed by atoms with Gasteiger partial charge in [-0.2, -0.15) is 0 Å². The fraction of sp³-hybridized carbons (Fsp3) is 0.552. The average Bonchev–Trinajstić information content (AvgIpc) is 2.89. The Kier molecular flexibility index (Phi) is 8.97. The lowest BCUT2D eigenvalue weighted by atomic mass is 9.95. The van der Waals surface area contributed by atoms with Crippen molar-refractivity contribution in [3.8, 4) is 0 Å². The third-order valence-corrected chi connectivity index (χ3v) is 7.37. The molecule has 0 bridgehead atoms. The van der Waals surface area contributed by atoms with E-state index in [2.05, 4.69) is 39.8 Å². The van der Waals surface area contributed by atoms with Gasteiger partial charge in [-0.1, -0.05) is 63.4 Å². The SMILES string of the molecule is CC(C)CNC(=O)c1cn(C2CCCCC2)cc(C(=O)NC2CCN(Cc3ccccc3)CC2)c1=O.